The summed E-state index contributed by atoms with van der Waals surface area (Å²) >= 11 is 6.68. The third kappa shape index (κ3) is 2.30. The van der Waals surface area contributed by atoms with Gasteiger partial charge in [-0.15, -0.1) is 0 Å². The maximum absolute atomic E-state index is 8.66. The van der Waals surface area contributed by atoms with Crippen LogP contribution < -0.4 is 5.43 Å². The van der Waals surface area contributed by atoms with E-state index in [1.165, 1.54) is 0 Å². The summed E-state index contributed by atoms with van der Waals surface area (Å²) in [5, 5.41) is 10.5. The molecule has 64 valence electrons. The molecule has 1 rings (SSSR count). The summed E-state index contributed by atoms with van der Waals surface area (Å²) < 4.78 is 0.809. The summed E-state index contributed by atoms with van der Waals surface area (Å²) in [6.45, 7) is 4.81. The van der Waals surface area contributed by atoms with Gasteiger partial charge in [0.25, 0.3) is 0 Å². The lowest BCUT2D eigenvalue weighted by Crippen LogP contribution is -2.42. The molecule has 1 saturated heterocycles. The molecule has 0 unspecified atom stereocenters. The lowest BCUT2D eigenvalue weighted by molar-refractivity contribution is 0.207. The molecule has 0 aromatic rings. The molecule has 0 bridgehead atoms. The third-order valence-electron chi connectivity index (χ3n) is 1.29. The van der Waals surface area contributed by atoms with Gasteiger partial charge in [-0.2, -0.15) is 0 Å². The highest BCUT2D eigenvalue weighted by molar-refractivity contribution is 8.24. The molecule has 1 heterocycles. The van der Waals surface area contributed by atoms with Crippen molar-refractivity contribution in [2.24, 2.45) is 0 Å². The number of hydrogen-bond donors (Lipinski definition) is 2. The third-order valence-corrected chi connectivity index (χ3v) is 2.76. The smallest absolute Gasteiger partial charge is 0.152 e. The van der Waals surface area contributed by atoms with Crippen LogP contribution in [0, 0.1) is 0 Å². The summed E-state index contributed by atoms with van der Waals surface area (Å²) in [6.07, 6.45) is 0. The number of aliphatic hydroxyl groups is 1. The largest absolute Gasteiger partial charge is 0.394 e. The van der Waals surface area contributed by atoms with E-state index in [0.717, 1.165) is 4.32 Å². The van der Waals surface area contributed by atoms with Gasteiger partial charge in [-0.05, 0) is 13.8 Å². The molecule has 3 nitrogen and oxygen atoms in total. The molecule has 11 heavy (non-hydrogen) atoms. The number of β-amino-alcohol motifs (C(OH)–C–C–N with tert-alkyl or cyclic N) is 1. The van der Waals surface area contributed by atoms with Gasteiger partial charge in [-0.3, -0.25) is 5.01 Å². The van der Waals surface area contributed by atoms with Crippen molar-refractivity contribution in [1.82, 2.24) is 10.4 Å². The fraction of sp³-hybridized carbons (Fsp3) is 0.833. The van der Waals surface area contributed by atoms with Gasteiger partial charge in [0.15, 0.2) is 4.32 Å². The normalized spacial score (nSPS) is 22.8. The zero-order valence-corrected chi connectivity index (χ0v) is 8.26. The fourth-order valence-electron chi connectivity index (χ4n) is 0.914. The van der Waals surface area contributed by atoms with Crippen molar-refractivity contribution in [2.45, 2.75) is 18.7 Å². The van der Waals surface area contributed by atoms with Crippen LogP contribution in [-0.4, -0.2) is 32.5 Å². The van der Waals surface area contributed by atoms with Crippen LogP contribution in [0.1, 0.15) is 13.8 Å². The van der Waals surface area contributed by atoms with Gasteiger partial charge in [0.1, 0.15) is 0 Å². The van der Waals surface area contributed by atoms with E-state index < -0.39 is 0 Å². The molecule has 1 aliphatic heterocycles. The average molecular weight is 192 g/mol. The zero-order valence-electron chi connectivity index (χ0n) is 6.63. The van der Waals surface area contributed by atoms with Crippen molar-refractivity contribution in [1.29, 1.82) is 0 Å². The van der Waals surface area contributed by atoms with Gasteiger partial charge in [0, 0.05) is 0 Å². The Morgan fingerprint density at radius 3 is 2.73 bits per heavy atom. The summed E-state index contributed by atoms with van der Waals surface area (Å²) in [5.74, 6) is 0. The van der Waals surface area contributed by atoms with Crippen LogP contribution in [0.5, 0.6) is 0 Å². The van der Waals surface area contributed by atoms with E-state index >= 15 is 0 Å². The number of aliphatic hydroxyl groups excluding tert-OH is 1. The summed E-state index contributed by atoms with van der Waals surface area (Å²) in [7, 11) is 0. The first-order valence-corrected chi connectivity index (χ1v) is 4.67. The minimum atomic E-state index is -0.0216. The lowest BCUT2D eigenvalue weighted by Gasteiger charge is -2.20. The number of hydrogen-bond acceptors (Lipinski definition) is 4. The van der Waals surface area contributed by atoms with E-state index in [0.29, 0.717) is 6.54 Å². The summed E-state index contributed by atoms with van der Waals surface area (Å²) in [6, 6.07) is 0. The number of nitrogens with zero attached hydrogens (tertiary/aromatic N) is 1. The van der Waals surface area contributed by atoms with Crippen molar-refractivity contribution < 1.29 is 5.11 Å². The first-order valence-electron chi connectivity index (χ1n) is 3.44. The van der Waals surface area contributed by atoms with Gasteiger partial charge in [0.05, 0.1) is 18.0 Å². The van der Waals surface area contributed by atoms with Crippen LogP contribution in [0.3, 0.4) is 0 Å². The average Bonchev–Trinajstić information content (AvgIpc) is 2.07. The topological polar surface area (TPSA) is 35.5 Å². The predicted molar refractivity (Wildman–Crippen MR) is 51.2 cm³/mol. The Labute approximate surface area is 76.1 Å². The first kappa shape index (κ1) is 9.25. The summed E-state index contributed by atoms with van der Waals surface area (Å²) in [5.41, 5.74) is 3.18. The molecule has 0 amide bonds. The van der Waals surface area contributed by atoms with Crippen LogP contribution in [-0.2, 0) is 0 Å². The molecule has 0 saturated carbocycles. The second-order valence-corrected chi connectivity index (χ2v) is 5.12. The van der Waals surface area contributed by atoms with E-state index in [1.807, 2.05) is 0 Å². The van der Waals surface area contributed by atoms with E-state index in [-0.39, 0.29) is 11.5 Å². The highest BCUT2D eigenvalue weighted by Gasteiger charge is 2.32. The summed E-state index contributed by atoms with van der Waals surface area (Å²) in [4.78, 5) is -0.0216. The van der Waals surface area contributed by atoms with Gasteiger partial charge in [-0.1, -0.05) is 24.0 Å². The van der Waals surface area contributed by atoms with Gasteiger partial charge >= 0.3 is 0 Å². The maximum atomic E-state index is 8.66. The van der Waals surface area contributed by atoms with Crippen molar-refractivity contribution in [3.63, 3.8) is 0 Å². The quantitative estimate of drug-likeness (QED) is 0.625. The van der Waals surface area contributed by atoms with E-state index in [9.17, 15) is 0 Å². The van der Waals surface area contributed by atoms with Crippen molar-refractivity contribution in [3.8, 4) is 0 Å². The Kier molecular flexibility index (Phi) is 2.74. The molecule has 0 aliphatic carbocycles. The molecule has 0 atom stereocenters. The second-order valence-electron chi connectivity index (χ2n) is 2.87. The van der Waals surface area contributed by atoms with Crippen LogP contribution >= 0.6 is 24.0 Å². The van der Waals surface area contributed by atoms with Crippen LogP contribution in [0.4, 0.5) is 0 Å². The molecule has 1 fully saturated rings. The minimum absolute atomic E-state index is 0.0216. The molecule has 0 spiro atoms. The molecule has 5 heteroatoms. The number of nitrogens with one attached hydrogen (secondary N) is 1. The number of hydrazine groups is 1. The first-order chi connectivity index (χ1) is 5.05. The SMILES string of the molecule is CC1(C)NN(CCO)C(=S)S1. The number of rotatable bonds is 2. The van der Waals surface area contributed by atoms with Crippen molar-refractivity contribution in [2.75, 3.05) is 13.2 Å². The fourth-order valence-corrected chi connectivity index (χ4v) is 2.52. The molecule has 1 aliphatic rings. The highest BCUT2D eigenvalue weighted by atomic mass is 32.2. The molecular weight excluding hydrogens is 180 g/mol. The number of thiocarbonyl (C=S) groups is 1. The Morgan fingerprint density at radius 2 is 2.36 bits per heavy atom. The Bertz CT molecular complexity index is 172. The highest BCUT2D eigenvalue weighted by Crippen LogP contribution is 2.30. The van der Waals surface area contributed by atoms with Crippen LogP contribution in [0.15, 0.2) is 0 Å². The maximum Gasteiger partial charge on any atom is 0.152 e. The van der Waals surface area contributed by atoms with Gasteiger partial charge in [0.2, 0.25) is 0 Å². The van der Waals surface area contributed by atoms with E-state index in [2.05, 4.69) is 19.3 Å². The van der Waals surface area contributed by atoms with Gasteiger partial charge in [-0.25, -0.2) is 5.43 Å². The van der Waals surface area contributed by atoms with E-state index in [1.54, 1.807) is 16.8 Å². The Balaban J connectivity index is 2.52. The minimum Gasteiger partial charge on any atom is -0.394 e. The number of thioether (sulfide) groups is 1. The van der Waals surface area contributed by atoms with Crippen molar-refractivity contribution >= 4 is 28.3 Å². The van der Waals surface area contributed by atoms with Crippen LogP contribution in [0.2, 0.25) is 0 Å². The van der Waals surface area contributed by atoms with Crippen molar-refractivity contribution in [3.05, 3.63) is 0 Å². The monoisotopic (exact) mass is 192 g/mol. The molecule has 2 N–H and O–H groups in total. The van der Waals surface area contributed by atoms with E-state index in [4.69, 9.17) is 17.3 Å². The molecule has 0 radical (unpaired) electrons. The molecular formula is C6H12N2OS2. The Morgan fingerprint density at radius 1 is 1.73 bits per heavy atom. The lowest BCUT2D eigenvalue weighted by atomic mass is 10.4. The second kappa shape index (κ2) is 3.26. The van der Waals surface area contributed by atoms with Gasteiger partial charge < -0.3 is 5.11 Å². The zero-order chi connectivity index (χ0) is 8.48. The Hall–Kier alpha value is 0.160. The molecule has 0 aromatic heterocycles. The standard InChI is InChI=1S/C6H12N2OS2/c1-6(2)7-8(3-4-9)5(10)11-6/h7,9H,3-4H2,1-2H3. The predicted octanol–water partition coefficient (Wildman–Crippen LogP) is 0.553. The molecule has 0 aromatic carbocycles. The van der Waals surface area contributed by atoms with Crippen LogP contribution in [0.25, 0.3) is 0 Å².